The summed E-state index contributed by atoms with van der Waals surface area (Å²) in [6, 6.07) is 2.66. The summed E-state index contributed by atoms with van der Waals surface area (Å²) in [5.74, 6) is 0. The van der Waals surface area contributed by atoms with Crippen LogP contribution in [0.15, 0.2) is 24.3 Å². The lowest BCUT2D eigenvalue weighted by Gasteiger charge is -2.21. The molecule has 1 aromatic carbocycles. The van der Waals surface area contributed by atoms with Crippen molar-refractivity contribution in [2.75, 3.05) is 0 Å². The zero-order chi connectivity index (χ0) is 19.8. The average Bonchev–Trinajstić information content (AvgIpc) is 2.42. The first-order chi connectivity index (χ1) is 11.0. The summed E-state index contributed by atoms with van der Waals surface area (Å²) in [7, 11) is -13.5. The quantitative estimate of drug-likeness (QED) is 0.415. The summed E-state index contributed by atoms with van der Waals surface area (Å²) in [5, 5.41) is 10.4. The number of nitro groups is 1. The first-order valence-electron chi connectivity index (χ1n) is 5.85. The van der Waals surface area contributed by atoms with Crippen molar-refractivity contribution in [1.82, 2.24) is 0 Å². The molecule has 0 aliphatic rings. The Bertz CT molecular complexity index is 813. The summed E-state index contributed by atoms with van der Waals surface area (Å²) < 4.78 is 117. The SMILES string of the molecule is O=[N+]([O-])c1ccc(CC(S(=O)(=O)C(F)(F)F)S(=O)(=O)C(F)(F)F)cc1. The molecule has 7 nitrogen and oxygen atoms in total. The normalized spacial score (nSPS) is 13.9. The van der Waals surface area contributed by atoms with Crippen molar-refractivity contribution in [1.29, 1.82) is 0 Å². The van der Waals surface area contributed by atoms with Crippen LogP contribution in [-0.4, -0.2) is 37.4 Å². The topological polar surface area (TPSA) is 111 Å². The van der Waals surface area contributed by atoms with Crippen LogP contribution in [0.5, 0.6) is 0 Å². The lowest BCUT2D eigenvalue weighted by Crippen LogP contribution is -2.46. The zero-order valence-electron chi connectivity index (χ0n) is 11.6. The standard InChI is InChI=1S/C10H7F6NO6S2/c11-9(12,13)24(20,21)8(25(22,23)10(14,15)16)5-6-1-3-7(4-2-6)17(18)19/h1-4,8H,5H2. The lowest BCUT2D eigenvalue weighted by atomic mass is 10.1. The van der Waals surface area contributed by atoms with Gasteiger partial charge >= 0.3 is 11.0 Å². The number of nitrogens with zero attached hydrogens (tertiary/aromatic N) is 1. The minimum atomic E-state index is -6.75. The van der Waals surface area contributed by atoms with Crippen LogP contribution in [0.25, 0.3) is 0 Å². The van der Waals surface area contributed by atoms with Gasteiger partial charge in [0.05, 0.1) is 4.92 Å². The first-order valence-corrected chi connectivity index (χ1v) is 8.94. The molecule has 0 aliphatic heterocycles. The summed E-state index contributed by atoms with van der Waals surface area (Å²) in [6.45, 7) is 0. The molecule has 0 radical (unpaired) electrons. The van der Waals surface area contributed by atoms with Gasteiger partial charge in [0.1, 0.15) is 0 Å². The van der Waals surface area contributed by atoms with Crippen molar-refractivity contribution in [2.24, 2.45) is 0 Å². The molecule has 15 heteroatoms. The van der Waals surface area contributed by atoms with Gasteiger partial charge in [-0.1, -0.05) is 12.1 Å². The fourth-order valence-electron chi connectivity index (χ4n) is 1.63. The molecule has 0 bridgehead atoms. The summed E-state index contributed by atoms with van der Waals surface area (Å²) in [4.78, 5) is 9.50. The van der Waals surface area contributed by atoms with Crippen LogP contribution in [0, 0.1) is 10.1 Å². The minimum Gasteiger partial charge on any atom is -0.258 e. The fourth-order valence-corrected chi connectivity index (χ4v) is 5.04. The first kappa shape index (κ1) is 21.1. The molecule has 0 aromatic heterocycles. The molecule has 0 saturated carbocycles. The molecule has 0 aliphatic carbocycles. The number of hydrogen-bond acceptors (Lipinski definition) is 6. The maximum Gasteiger partial charge on any atom is 0.498 e. The molecular weight excluding hydrogens is 408 g/mol. The molecule has 0 N–H and O–H groups in total. The highest BCUT2D eigenvalue weighted by Gasteiger charge is 2.62. The number of hydrogen-bond donors (Lipinski definition) is 0. The van der Waals surface area contributed by atoms with Crippen LogP contribution >= 0.6 is 0 Å². The van der Waals surface area contributed by atoms with Gasteiger partial charge < -0.3 is 0 Å². The van der Waals surface area contributed by atoms with Crippen molar-refractivity contribution < 1.29 is 48.1 Å². The predicted octanol–water partition coefficient (Wildman–Crippen LogP) is 2.33. The Kier molecular flexibility index (Phi) is 5.44. The van der Waals surface area contributed by atoms with E-state index in [9.17, 15) is 53.3 Å². The monoisotopic (exact) mass is 415 g/mol. The van der Waals surface area contributed by atoms with E-state index in [0.29, 0.717) is 24.3 Å². The fraction of sp³-hybridized carbons (Fsp3) is 0.400. The minimum absolute atomic E-state index is 0.586. The molecule has 0 atom stereocenters. The molecule has 1 rings (SSSR count). The Balaban J connectivity index is 3.47. The van der Waals surface area contributed by atoms with Gasteiger partial charge in [-0.05, 0) is 5.56 Å². The lowest BCUT2D eigenvalue weighted by molar-refractivity contribution is -0.384. The van der Waals surface area contributed by atoms with Crippen LogP contribution in [0.4, 0.5) is 32.0 Å². The highest BCUT2D eigenvalue weighted by atomic mass is 32.3. The third-order valence-corrected chi connectivity index (χ3v) is 7.42. The molecule has 0 heterocycles. The van der Waals surface area contributed by atoms with Gasteiger partial charge in [0, 0.05) is 18.6 Å². The van der Waals surface area contributed by atoms with Crippen LogP contribution in [-0.2, 0) is 26.1 Å². The van der Waals surface area contributed by atoms with Crippen molar-refractivity contribution in [3.8, 4) is 0 Å². The van der Waals surface area contributed by atoms with E-state index >= 15 is 0 Å². The number of alkyl halides is 6. The third kappa shape index (κ3) is 4.20. The zero-order valence-corrected chi connectivity index (χ0v) is 13.2. The number of non-ortho nitro benzene ring substituents is 1. The van der Waals surface area contributed by atoms with E-state index in [-0.39, 0.29) is 0 Å². The van der Waals surface area contributed by atoms with Crippen molar-refractivity contribution in [2.45, 2.75) is 22.0 Å². The van der Waals surface area contributed by atoms with Crippen LogP contribution < -0.4 is 0 Å². The van der Waals surface area contributed by atoms with Gasteiger partial charge in [0.15, 0.2) is 4.58 Å². The molecule has 25 heavy (non-hydrogen) atoms. The van der Waals surface area contributed by atoms with Gasteiger partial charge in [0.25, 0.3) is 25.4 Å². The second-order valence-corrected chi connectivity index (χ2v) is 9.08. The van der Waals surface area contributed by atoms with E-state index in [0.717, 1.165) is 0 Å². The van der Waals surface area contributed by atoms with Gasteiger partial charge in [0.2, 0.25) is 0 Å². The van der Waals surface area contributed by atoms with Crippen LogP contribution in [0.3, 0.4) is 0 Å². The molecule has 0 fully saturated rings. The van der Waals surface area contributed by atoms with Gasteiger partial charge in [-0.25, -0.2) is 16.8 Å². The predicted molar refractivity (Wildman–Crippen MR) is 70.5 cm³/mol. The highest BCUT2D eigenvalue weighted by Crippen LogP contribution is 2.37. The molecule has 1 aromatic rings. The molecular formula is C10H7F6NO6S2. The maximum absolute atomic E-state index is 12.6. The van der Waals surface area contributed by atoms with E-state index in [1.54, 1.807) is 0 Å². The van der Waals surface area contributed by atoms with Gasteiger partial charge in [-0.2, -0.15) is 26.3 Å². The second kappa shape index (κ2) is 6.44. The average molecular weight is 415 g/mol. The number of halogens is 6. The Morgan fingerprint density at radius 1 is 0.880 bits per heavy atom. The van der Waals surface area contributed by atoms with Crippen molar-refractivity contribution in [3.63, 3.8) is 0 Å². The van der Waals surface area contributed by atoms with Crippen molar-refractivity contribution in [3.05, 3.63) is 39.9 Å². The van der Waals surface area contributed by atoms with Gasteiger partial charge in [-0.15, -0.1) is 0 Å². The number of rotatable bonds is 5. The Morgan fingerprint density at radius 2 is 1.24 bits per heavy atom. The summed E-state index contributed by atoms with van der Waals surface area (Å²) >= 11 is 0. The van der Waals surface area contributed by atoms with E-state index in [1.165, 1.54) is 0 Å². The summed E-state index contributed by atoms with van der Waals surface area (Å²) in [5.41, 5.74) is -13.7. The van der Waals surface area contributed by atoms with Gasteiger partial charge in [-0.3, -0.25) is 10.1 Å². The van der Waals surface area contributed by atoms with E-state index in [2.05, 4.69) is 0 Å². The smallest absolute Gasteiger partial charge is 0.258 e. The molecule has 0 spiro atoms. The van der Waals surface area contributed by atoms with E-state index < -0.39 is 57.9 Å². The van der Waals surface area contributed by atoms with E-state index in [4.69, 9.17) is 0 Å². The molecule has 0 unspecified atom stereocenters. The number of sulfone groups is 2. The molecule has 0 saturated heterocycles. The second-order valence-electron chi connectivity index (χ2n) is 4.54. The Morgan fingerprint density at radius 3 is 1.52 bits per heavy atom. The molecule has 0 amide bonds. The Labute approximate surface area is 136 Å². The molecule has 142 valence electrons. The largest absolute Gasteiger partial charge is 0.498 e. The summed E-state index contributed by atoms with van der Waals surface area (Å²) in [6.07, 6.45) is -1.69. The third-order valence-electron chi connectivity index (χ3n) is 2.89. The van der Waals surface area contributed by atoms with Crippen LogP contribution in [0.1, 0.15) is 5.56 Å². The Hall–Kier alpha value is -1.90. The highest BCUT2D eigenvalue weighted by molar-refractivity contribution is 8.09. The van der Waals surface area contributed by atoms with E-state index in [1.807, 2.05) is 0 Å². The number of nitro benzene ring substituents is 1. The maximum atomic E-state index is 12.6. The van der Waals surface area contributed by atoms with Crippen LogP contribution in [0.2, 0.25) is 0 Å². The van der Waals surface area contributed by atoms with Crippen molar-refractivity contribution >= 4 is 25.4 Å². The number of benzene rings is 1.